The summed E-state index contributed by atoms with van der Waals surface area (Å²) in [6.07, 6.45) is 2.05. The summed E-state index contributed by atoms with van der Waals surface area (Å²) < 4.78 is 7.28. The zero-order valence-electron chi connectivity index (χ0n) is 15.8. The maximum Gasteiger partial charge on any atom is 0.231 e. The molecule has 1 amide bonds. The van der Waals surface area contributed by atoms with Crippen LogP contribution in [0.5, 0.6) is 0 Å². The lowest BCUT2D eigenvalue weighted by Gasteiger charge is -2.16. The number of hydrogen-bond acceptors (Lipinski definition) is 6. The molecule has 7 nitrogen and oxygen atoms in total. The van der Waals surface area contributed by atoms with E-state index in [4.69, 9.17) is 4.42 Å². The van der Waals surface area contributed by atoms with Gasteiger partial charge in [-0.2, -0.15) is 0 Å². The average Bonchev–Trinajstić information content (AvgIpc) is 3.35. The van der Waals surface area contributed by atoms with E-state index in [0.717, 1.165) is 5.56 Å². The highest BCUT2D eigenvalue weighted by Crippen LogP contribution is 2.24. The zero-order valence-corrected chi connectivity index (χ0v) is 16.6. The zero-order chi connectivity index (χ0) is 19.9. The number of furan rings is 1. The molecule has 0 saturated carbocycles. The van der Waals surface area contributed by atoms with Gasteiger partial charge in [-0.1, -0.05) is 42.1 Å². The minimum Gasteiger partial charge on any atom is -0.461 e. The third-order valence-electron chi connectivity index (χ3n) is 4.22. The van der Waals surface area contributed by atoms with Crippen molar-refractivity contribution in [3.63, 3.8) is 0 Å². The third-order valence-corrected chi connectivity index (χ3v) is 5.18. The summed E-state index contributed by atoms with van der Waals surface area (Å²) in [5.41, 5.74) is 1.00. The topological polar surface area (TPSA) is 90.0 Å². The van der Waals surface area contributed by atoms with Crippen LogP contribution in [0.3, 0.4) is 0 Å². The van der Waals surface area contributed by atoms with Gasteiger partial charge in [0.1, 0.15) is 0 Å². The van der Waals surface area contributed by atoms with Gasteiger partial charge in [-0.3, -0.25) is 14.2 Å². The maximum atomic E-state index is 12.4. The quantitative estimate of drug-likeness (QED) is 0.558. The summed E-state index contributed by atoms with van der Waals surface area (Å²) in [6.45, 7) is 4.12. The molecular weight excluding hydrogens is 376 g/mol. The Kier molecular flexibility index (Phi) is 6.65. The number of thioether (sulfide) groups is 1. The largest absolute Gasteiger partial charge is 0.461 e. The van der Waals surface area contributed by atoms with E-state index in [2.05, 4.69) is 15.5 Å². The van der Waals surface area contributed by atoms with E-state index < -0.39 is 6.04 Å². The molecule has 3 rings (SSSR count). The molecule has 0 aliphatic carbocycles. The summed E-state index contributed by atoms with van der Waals surface area (Å²) in [5.74, 6) is 1.12. The van der Waals surface area contributed by atoms with Crippen molar-refractivity contribution in [3.05, 3.63) is 54.3 Å². The lowest BCUT2D eigenvalue weighted by atomic mass is 10.0. The van der Waals surface area contributed by atoms with Crippen molar-refractivity contribution in [2.75, 3.05) is 5.75 Å². The molecule has 1 aromatic carbocycles. The fourth-order valence-electron chi connectivity index (χ4n) is 2.78. The molecule has 0 aliphatic heterocycles. The Labute approximate surface area is 167 Å². The first kappa shape index (κ1) is 19.9. The molecule has 0 saturated heterocycles. The van der Waals surface area contributed by atoms with Crippen LogP contribution in [0.15, 0.2) is 58.3 Å². The normalized spacial score (nSPS) is 11.9. The molecule has 2 aromatic heterocycles. The molecule has 0 radical (unpaired) electrons. The van der Waals surface area contributed by atoms with Crippen LogP contribution in [0.25, 0.3) is 11.6 Å². The molecule has 1 N–H and O–H groups in total. The van der Waals surface area contributed by atoms with Crippen molar-refractivity contribution in [1.82, 2.24) is 20.1 Å². The Morgan fingerprint density at radius 2 is 1.96 bits per heavy atom. The van der Waals surface area contributed by atoms with Gasteiger partial charge in [0.05, 0.1) is 18.1 Å². The fraction of sp³-hybridized carbons (Fsp3) is 0.300. The number of Topliss-reactive ketones (excluding diaryl/α,β-unsaturated/α-hetero) is 1. The van der Waals surface area contributed by atoms with Gasteiger partial charge >= 0.3 is 0 Å². The van der Waals surface area contributed by atoms with E-state index in [9.17, 15) is 9.59 Å². The molecule has 1 atom stereocenters. The van der Waals surface area contributed by atoms with Crippen LogP contribution in [-0.2, 0) is 22.6 Å². The van der Waals surface area contributed by atoms with Crippen molar-refractivity contribution in [1.29, 1.82) is 0 Å². The third kappa shape index (κ3) is 4.89. The molecule has 0 fully saturated rings. The van der Waals surface area contributed by atoms with Crippen molar-refractivity contribution in [2.24, 2.45) is 0 Å². The van der Waals surface area contributed by atoms with Gasteiger partial charge in [0.2, 0.25) is 5.91 Å². The predicted octanol–water partition coefficient (Wildman–Crippen LogP) is 2.97. The van der Waals surface area contributed by atoms with Crippen LogP contribution in [-0.4, -0.2) is 38.2 Å². The first-order valence-corrected chi connectivity index (χ1v) is 10.0. The minimum absolute atomic E-state index is 0.0703. The summed E-state index contributed by atoms with van der Waals surface area (Å²) in [7, 11) is 0. The monoisotopic (exact) mass is 398 g/mol. The summed E-state index contributed by atoms with van der Waals surface area (Å²) in [5, 5.41) is 11.8. The summed E-state index contributed by atoms with van der Waals surface area (Å²) in [4.78, 5) is 24.3. The van der Waals surface area contributed by atoms with E-state index in [1.54, 1.807) is 12.3 Å². The minimum atomic E-state index is -0.543. The molecule has 146 valence electrons. The van der Waals surface area contributed by atoms with E-state index in [1.807, 2.05) is 47.9 Å². The molecule has 3 aromatic rings. The molecule has 8 heteroatoms. The Morgan fingerprint density at radius 3 is 2.61 bits per heavy atom. The Balaban J connectivity index is 1.61. The highest BCUT2D eigenvalue weighted by atomic mass is 32.2. The molecule has 1 unspecified atom stereocenters. The molecule has 2 heterocycles. The smallest absolute Gasteiger partial charge is 0.231 e. The van der Waals surface area contributed by atoms with Crippen LogP contribution >= 0.6 is 11.8 Å². The van der Waals surface area contributed by atoms with Gasteiger partial charge < -0.3 is 9.73 Å². The Hall–Kier alpha value is -2.87. The van der Waals surface area contributed by atoms with E-state index in [1.165, 1.54) is 18.7 Å². The Bertz CT molecular complexity index is 922. The second-order valence-electron chi connectivity index (χ2n) is 6.24. The molecule has 0 bridgehead atoms. The van der Waals surface area contributed by atoms with E-state index in [-0.39, 0.29) is 17.4 Å². The maximum absolute atomic E-state index is 12.4. The standard InChI is InChI=1S/C20H22N4O3S/c1-3-24-19(17-10-7-11-27-17)22-23-20(24)28-13-18(26)21-16(14(2)25)12-15-8-5-4-6-9-15/h4-11,16H,3,12-13H2,1-2H3,(H,21,26). The number of hydrogen-bond donors (Lipinski definition) is 1. The summed E-state index contributed by atoms with van der Waals surface area (Å²) >= 11 is 1.28. The van der Waals surface area contributed by atoms with Gasteiger partial charge in [0, 0.05) is 6.54 Å². The van der Waals surface area contributed by atoms with Crippen LogP contribution in [0.1, 0.15) is 19.4 Å². The molecule has 28 heavy (non-hydrogen) atoms. The second kappa shape index (κ2) is 9.36. The van der Waals surface area contributed by atoms with Crippen LogP contribution in [0.4, 0.5) is 0 Å². The van der Waals surface area contributed by atoms with E-state index in [0.29, 0.717) is 29.7 Å². The van der Waals surface area contributed by atoms with Crippen molar-refractivity contribution >= 4 is 23.5 Å². The van der Waals surface area contributed by atoms with Gasteiger partial charge in [0.15, 0.2) is 22.5 Å². The van der Waals surface area contributed by atoms with Crippen molar-refractivity contribution in [2.45, 2.75) is 38.0 Å². The van der Waals surface area contributed by atoms with Crippen LogP contribution < -0.4 is 5.32 Å². The number of rotatable bonds is 9. The number of amides is 1. The highest BCUT2D eigenvalue weighted by molar-refractivity contribution is 7.99. The van der Waals surface area contributed by atoms with Crippen molar-refractivity contribution < 1.29 is 14.0 Å². The summed E-state index contributed by atoms with van der Waals surface area (Å²) in [6, 6.07) is 12.7. The molecular formula is C20H22N4O3S. The van der Waals surface area contributed by atoms with Crippen molar-refractivity contribution in [3.8, 4) is 11.6 Å². The second-order valence-corrected chi connectivity index (χ2v) is 7.18. The number of nitrogens with one attached hydrogen (secondary N) is 1. The molecule has 0 aliphatic rings. The lowest BCUT2D eigenvalue weighted by Crippen LogP contribution is -2.42. The Morgan fingerprint density at radius 1 is 1.18 bits per heavy atom. The molecule has 0 spiro atoms. The SMILES string of the molecule is CCn1c(SCC(=O)NC(Cc2ccccc2)C(C)=O)nnc1-c1ccco1. The van der Waals surface area contributed by atoms with Crippen LogP contribution in [0.2, 0.25) is 0 Å². The van der Waals surface area contributed by atoms with Gasteiger partial charge in [-0.05, 0) is 38.0 Å². The predicted molar refractivity (Wildman–Crippen MR) is 107 cm³/mol. The lowest BCUT2D eigenvalue weighted by molar-refractivity contribution is -0.125. The first-order valence-electron chi connectivity index (χ1n) is 9.02. The number of aromatic nitrogens is 3. The highest BCUT2D eigenvalue weighted by Gasteiger charge is 2.20. The van der Waals surface area contributed by atoms with Gasteiger partial charge in [0.25, 0.3) is 0 Å². The van der Waals surface area contributed by atoms with E-state index >= 15 is 0 Å². The number of carbonyl (C=O) groups is 2. The number of benzene rings is 1. The number of carbonyl (C=O) groups excluding carboxylic acids is 2. The first-order chi connectivity index (χ1) is 13.6. The number of ketones is 1. The van der Waals surface area contributed by atoms with Crippen LogP contribution in [0, 0.1) is 0 Å². The van der Waals surface area contributed by atoms with Gasteiger partial charge in [-0.15, -0.1) is 10.2 Å². The van der Waals surface area contributed by atoms with Gasteiger partial charge in [-0.25, -0.2) is 0 Å². The fourth-order valence-corrected chi connectivity index (χ4v) is 3.59. The number of nitrogens with zero attached hydrogens (tertiary/aromatic N) is 3. The average molecular weight is 398 g/mol.